The average Bonchev–Trinajstić information content (AvgIpc) is 3.00. The molecule has 0 aliphatic carbocycles. The number of halogens is 1. The number of piperazine rings is 1. The molecule has 10 heteroatoms. The Hall–Kier alpha value is -4.21. The molecule has 3 aliphatic rings. The molecule has 2 aromatic rings. The van der Waals surface area contributed by atoms with Crippen molar-refractivity contribution in [1.82, 2.24) is 19.6 Å². The average molecular weight is 563 g/mol. The first kappa shape index (κ1) is 28.3. The number of benzene rings is 2. The summed E-state index contributed by atoms with van der Waals surface area (Å²) >= 11 is 0. The number of fused-ring (bicyclic) bond motifs is 3. The van der Waals surface area contributed by atoms with Gasteiger partial charge in [-0.25, -0.2) is 4.39 Å². The predicted octanol–water partition coefficient (Wildman–Crippen LogP) is 2.57. The molecule has 3 aliphatic heterocycles. The zero-order chi connectivity index (χ0) is 28.8. The summed E-state index contributed by atoms with van der Waals surface area (Å²) in [5, 5.41) is 0. The molecule has 2 bridgehead atoms. The van der Waals surface area contributed by atoms with Crippen molar-refractivity contribution < 1.29 is 28.3 Å². The Morgan fingerprint density at radius 1 is 0.976 bits per heavy atom. The largest absolute Gasteiger partial charge is 0.489 e. The Morgan fingerprint density at radius 3 is 2.56 bits per heavy atom. The van der Waals surface area contributed by atoms with Crippen molar-refractivity contribution in [2.45, 2.75) is 19.4 Å². The lowest BCUT2D eigenvalue weighted by molar-refractivity contribution is -0.138. The van der Waals surface area contributed by atoms with Crippen molar-refractivity contribution in [2.75, 3.05) is 52.4 Å². The van der Waals surface area contributed by atoms with E-state index in [2.05, 4.69) is 0 Å². The summed E-state index contributed by atoms with van der Waals surface area (Å²) < 4.78 is 20.0. The number of amides is 4. The molecule has 41 heavy (non-hydrogen) atoms. The van der Waals surface area contributed by atoms with Crippen molar-refractivity contribution in [1.29, 1.82) is 0 Å². The molecule has 0 N–H and O–H groups in total. The van der Waals surface area contributed by atoms with E-state index in [9.17, 15) is 23.6 Å². The van der Waals surface area contributed by atoms with E-state index in [0.29, 0.717) is 64.5 Å². The number of ether oxygens (including phenoxy) is 1. The van der Waals surface area contributed by atoms with E-state index in [1.165, 1.54) is 23.1 Å². The van der Waals surface area contributed by atoms with Crippen molar-refractivity contribution in [2.24, 2.45) is 11.8 Å². The van der Waals surface area contributed by atoms with Crippen molar-refractivity contribution in [3.8, 4) is 5.75 Å². The van der Waals surface area contributed by atoms with E-state index in [0.717, 1.165) is 12.0 Å². The van der Waals surface area contributed by atoms with Gasteiger partial charge < -0.3 is 24.3 Å². The molecular weight excluding hydrogens is 527 g/mol. The summed E-state index contributed by atoms with van der Waals surface area (Å²) in [5.74, 6) is -0.492. The van der Waals surface area contributed by atoms with Crippen molar-refractivity contribution >= 4 is 24.1 Å². The molecule has 2 aromatic carbocycles. The summed E-state index contributed by atoms with van der Waals surface area (Å²) in [5.41, 5.74) is 0.917. The first-order chi connectivity index (χ1) is 19.9. The summed E-state index contributed by atoms with van der Waals surface area (Å²) in [6.45, 7) is 3.31. The van der Waals surface area contributed by atoms with Crippen LogP contribution in [0.2, 0.25) is 0 Å². The second-order valence-electron chi connectivity index (χ2n) is 10.8. The Kier molecular flexibility index (Phi) is 8.96. The van der Waals surface area contributed by atoms with E-state index in [-0.39, 0.29) is 42.3 Å². The zero-order valence-corrected chi connectivity index (χ0v) is 23.0. The molecule has 9 nitrogen and oxygen atoms in total. The molecule has 3 heterocycles. The van der Waals surface area contributed by atoms with E-state index in [1.807, 2.05) is 41.3 Å². The van der Waals surface area contributed by atoms with Gasteiger partial charge in [0.25, 0.3) is 5.91 Å². The minimum Gasteiger partial charge on any atom is -0.489 e. The van der Waals surface area contributed by atoms with Crippen LogP contribution < -0.4 is 4.74 Å². The summed E-state index contributed by atoms with van der Waals surface area (Å²) in [6.07, 6.45) is 5.81. The molecule has 216 valence electrons. The van der Waals surface area contributed by atoms with Crippen LogP contribution in [0, 0.1) is 17.7 Å². The highest BCUT2D eigenvalue weighted by molar-refractivity contribution is 5.96. The normalized spacial score (nSPS) is 21.6. The topological polar surface area (TPSA) is 90.5 Å². The molecule has 5 rings (SSSR count). The third-order valence-corrected chi connectivity index (χ3v) is 8.15. The number of rotatable bonds is 4. The van der Waals surface area contributed by atoms with Gasteiger partial charge in [-0.15, -0.1) is 0 Å². The fraction of sp³-hybridized carbons (Fsp3) is 0.419. The first-order valence-corrected chi connectivity index (χ1v) is 14.1. The summed E-state index contributed by atoms with van der Waals surface area (Å²) in [7, 11) is 0. The van der Waals surface area contributed by atoms with Crippen LogP contribution in [-0.4, -0.2) is 96.2 Å². The van der Waals surface area contributed by atoms with Crippen molar-refractivity contribution in [3.05, 3.63) is 77.6 Å². The molecule has 4 amide bonds. The maximum Gasteiger partial charge on any atom is 0.254 e. The number of para-hydroxylation sites is 1. The predicted molar refractivity (Wildman–Crippen MR) is 149 cm³/mol. The van der Waals surface area contributed by atoms with Gasteiger partial charge in [-0.05, 0) is 42.5 Å². The van der Waals surface area contributed by atoms with Gasteiger partial charge in [-0.3, -0.25) is 19.2 Å². The minimum absolute atomic E-state index is 0.0503. The summed E-state index contributed by atoms with van der Waals surface area (Å²) in [6, 6.07) is 12.8. The Labute approximate surface area is 239 Å². The van der Waals surface area contributed by atoms with Gasteiger partial charge >= 0.3 is 0 Å². The van der Waals surface area contributed by atoms with Crippen molar-refractivity contribution in [3.63, 3.8) is 0 Å². The monoisotopic (exact) mass is 562 g/mol. The zero-order valence-electron chi connectivity index (χ0n) is 23.0. The van der Waals surface area contributed by atoms with E-state index in [1.54, 1.807) is 15.9 Å². The standard InChI is InChI=1S/C31H35FN4O5/c32-27-8-3-6-24(17-27)31(40)36-20-26-5-1-2-9-28(26)41-16-4-7-25-19-35(30(39)21-36)11-10-23(25)18-29(38)34-14-12-33(22-37)13-15-34/h1-9,17,22-23,25H,10-16,18-21H2/t23-,25-/m0/s1. The maximum absolute atomic E-state index is 13.9. The van der Waals surface area contributed by atoms with Crippen LogP contribution in [0.25, 0.3) is 0 Å². The number of carbonyl (C=O) groups is 4. The number of hydrogen-bond donors (Lipinski definition) is 0. The SMILES string of the molecule is O=CN1CCN(C(=O)C[C@@H]2CCN3C[C@@H]2C=CCOc2ccccc2CN(C(=O)c2cccc(F)c2)CC3=O)CC1. The second kappa shape index (κ2) is 13.0. The number of carbonyl (C=O) groups excluding carboxylic acids is 4. The first-order valence-electron chi connectivity index (χ1n) is 14.1. The number of nitrogens with zero attached hydrogens (tertiary/aromatic N) is 4. The highest BCUT2D eigenvalue weighted by Gasteiger charge is 2.34. The Balaban J connectivity index is 1.35. The van der Waals surface area contributed by atoms with Gasteiger partial charge in [0.05, 0.1) is 6.54 Å². The molecule has 0 spiro atoms. The van der Waals surface area contributed by atoms with Crippen LogP contribution in [-0.2, 0) is 20.9 Å². The molecule has 2 fully saturated rings. The van der Waals surface area contributed by atoms with Gasteiger partial charge in [-0.1, -0.05) is 36.4 Å². The minimum atomic E-state index is -0.520. The highest BCUT2D eigenvalue weighted by atomic mass is 19.1. The van der Waals surface area contributed by atoms with E-state index < -0.39 is 11.7 Å². The van der Waals surface area contributed by atoms with Crippen LogP contribution in [0.3, 0.4) is 0 Å². The van der Waals surface area contributed by atoms with Crippen LogP contribution in [0.15, 0.2) is 60.7 Å². The Bertz CT molecular complexity index is 1310. The molecule has 2 saturated heterocycles. The molecule has 0 unspecified atom stereocenters. The maximum atomic E-state index is 13.9. The third-order valence-electron chi connectivity index (χ3n) is 8.15. The number of piperidine rings is 1. The van der Waals surface area contributed by atoms with Crippen LogP contribution in [0.5, 0.6) is 5.75 Å². The molecule has 0 aromatic heterocycles. The van der Waals surface area contributed by atoms with E-state index >= 15 is 0 Å². The summed E-state index contributed by atoms with van der Waals surface area (Å²) in [4.78, 5) is 57.9. The Morgan fingerprint density at radius 2 is 1.78 bits per heavy atom. The van der Waals surface area contributed by atoms with Gasteiger partial charge in [-0.2, -0.15) is 0 Å². The van der Waals surface area contributed by atoms with Crippen LogP contribution >= 0.6 is 0 Å². The molecule has 2 atom stereocenters. The third kappa shape index (κ3) is 6.93. The molecule has 0 saturated carbocycles. The van der Waals surface area contributed by atoms with Crippen LogP contribution in [0.1, 0.15) is 28.8 Å². The lowest BCUT2D eigenvalue weighted by Crippen LogP contribution is -2.50. The second-order valence-corrected chi connectivity index (χ2v) is 10.8. The van der Waals surface area contributed by atoms with E-state index in [4.69, 9.17) is 4.74 Å². The quantitative estimate of drug-likeness (QED) is 0.422. The fourth-order valence-corrected chi connectivity index (χ4v) is 5.77. The smallest absolute Gasteiger partial charge is 0.254 e. The van der Waals surface area contributed by atoms with Gasteiger partial charge in [0.2, 0.25) is 18.2 Å². The fourth-order valence-electron chi connectivity index (χ4n) is 5.77. The lowest BCUT2D eigenvalue weighted by atomic mass is 9.82. The van der Waals surface area contributed by atoms with Gasteiger partial charge in [0.15, 0.2) is 0 Å². The van der Waals surface area contributed by atoms with Gasteiger partial charge in [0, 0.05) is 56.8 Å². The lowest BCUT2D eigenvalue weighted by Gasteiger charge is -2.39. The highest BCUT2D eigenvalue weighted by Crippen LogP contribution is 2.30. The molecular formula is C31H35FN4O5. The number of hydrogen-bond acceptors (Lipinski definition) is 5. The van der Waals surface area contributed by atoms with Gasteiger partial charge in [0.1, 0.15) is 24.7 Å². The molecule has 0 radical (unpaired) electrons. The van der Waals surface area contributed by atoms with Crippen LogP contribution in [0.4, 0.5) is 4.39 Å².